The average molecular weight is 561 g/mol. The van der Waals surface area contributed by atoms with Gasteiger partial charge < -0.3 is 25.8 Å². The summed E-state index contributed by atoms with van der Waals surface area (Å²) < 4.78 is 0. The van der Waals surface area contributed by atoms with Crippen LogP contribution in [0.5, 0.6) is 0 Å². The van der Waals surface area contributed by atoms with E-state index < -0.39 is 0 Å². The zero-order valence-corrected chi connectivity index (χ0v) is 23.6. The van der Waals surface area contributed by atoms with E-state index in [1.54, 1.807) is 18.2 Å². The molecule has 2 aliphatic heterocycles. The molecule has 2 aromatic carbocycles. The summed E-state index contributed by atoms with van der Waals surface area (Å²) in [5.74, 6) is 0.248. The third-order valence-electron chi connectivity index (χ3n) is 7.63. The molecule has 2 fully saturated rings. The fraction of sp³-hybridized carbons (Fsp3) is 0.517. The summed E-state index contributed by atoms with van der Waals surface area (Å²) in [5.41, 5.74) is 1.73. The van der Waals surface area contributed by atoms with Crippen LogP contribution >= 0.6 is 23.2 Å². The van der Waals surface area contributed by atoms with Crippen molar-refractivity contribution in [1.82, 2.24) is 25.8 Å². The van der Waals surface area contributed by atoms with Crippen LogP contribution in [0.25, 0.3) is 0 Å². The van der Waals surface area contributed by atoms with E-state index in [-0.39, 0.29) is 23.9 Å². The molecular formula is C29H39Cl2N5O2. The number of carbonyl (C=O) groups excluding carboxylic acids is 2. The molecule has 0 radical (unpaired) electrons. The summed E-state index contributed by atoms with van der Waals surface area (Å²) in [4.78, 5) is 31.0. The Morgan fingerprint density at radius 3 is 2.55 bits per heavy atom. The van der Waals surface area contributed by atoms with Crippen molar-refractivity contribution in [3.05, 3.63) is 69.7 Å². The predicted octanol–water partition coefficient (Wildman–Crippen LogP) is 3.77. The minimum atomic E-state index is -0.285. The highest BCUT2D eigenvalue weighted by Gasteiger charge is 2.32. The number of hydrogen-bond donors (Lipinski definition) is 3. The Labute approximate surface area is 236 Å². The van der Waals surface area contributed by atoms with Gasteiger partial charge in [-0.3, -0.25) is 9.59 Å². The maximum absolute atomic E-state index is 13.8. The van der Waals surface area contributed by atoms with Crippen molar-refractivity contribution in [1.29, 1.82) is 0 Å². The van der Waals surface area contributed by atoms with Crippen LogP contribution in [0.3, 0.4) is 0 Å². The number of nitrogens with one attached hydrogen (secondary N) is 3. The summed E-state index contributed by atoms with van der Waals surface area (Å²) in [6.07, 6.45) is 2.48. The van der Waals surface area contributed by atoms with Crippen molar-refractivity contribution in [2.45, 2.75) is 44.2 Å². The maximum atomic E-state index is 13.8. The number of halogens is 2. The molecule has 0 aromatic heterocycles. The summed E-state index contributed by atoms with van der Waals surface area (Å²) in [5, 5.41) is 10.8. The molecule has 1 unspecified atom stereocenters. The van der Waals surface area contributed by atoms with Gasteiger partial charge in [0.25, 0.3) is 5.91 Å². The average Bonchev–Trinajstić information content (AvgIpc) is 3.09. The van der Waals surface area contributed by atoms with Crippen LogP contribution in [-0.4, -0.2) is 86.1 Å². The molecule has 0 saturated carbocycles. The van der Waals surface area contributed by atoms with E-state index in [0.29, 0.717) is 41.2 Å². The number of amides is 2. The lowest BCUT2D eigenvalue weighted by Crippen LogP contribution is -2.51. The number of carbonyl (C=O) groups is 2. The molecule has 7 nitrogen and oxygen atoms in total. The Morgan fingerprint density at radius 1 is 1.08 bits per heavy atom. The molecule has 0 spiro atoms. The van der Waals surface area contributed by atoms with Gasteiger partial charge in [0.15, 0.2) is 0 Å². The molecule has 2 saturated heterocycles. The SMILES string of the molecule is CCC(CN1CC[C@@H](CNC(=O)c2ccc(Cl)c(Cl)c2)N[C@@H](CCN2CCNCC2)C1=O)c1ccccc1. The van der Waals surface area contributed by atoms with Gasteiger partial charge in [-0.1, -0.05) is 60.5 Å². The van der Waals surface area contributed by atoms with Crippen molar-refractivity contribution in [3.63, 3.8) is 0 Å². The number of hydrogen-bond acceptors (Lipinski definition) is 5. The van der Waals surface area contributed by atoms with Crippen LogP contribution in [0.1, 0.15) is 48.0 Å². The Bertz CT molecular complexity index is 1060. The van der Waals surface area contributed by atoms with Crippen molar-refractivity contribution in [2.24, 2.45) is 0 Å². The Balaban J connectivity index is 1.43. The Hall–Kier alpha value is -2.16. The first kappa shape index (κ1) is 28.8. The molecule has 2 aliphatic rings. The van der Waals surface area contributed by atoms with E-state index in [4.69, 9.17) is 23.2 Å². The first-order valence-electron chi connectivity index (χ1n) is 13.7. The van der Waals surface area contributed by atoms with Gasteiger partial charge in [0.2, 0.25) is 5.91 Å². The lowest BCUT2D eigenvalue weighted by Gasteiger charge is -2.31. The molecule has 0 bridgehead atoms. The quantitative estimate of drug-likeness (QED) is 0.413. The molecule has 38 heavy (non-hydrogen) atoms. The van der Waals surface area contributed by atoms with Gasteiger partial charge >= 0.3 is 0 Å². The van der Waals surface area contributed by atoms with Crippen molar-refractivity contribution in [3.8, 4) is 0 Å². The maximum Gasteiger partial charge on any atom is 0.251 e. The van der Waals surface area contributed by atoms with Gasteiger partial charge in [-0.15, -0.1) is 0 Å². The van der Waals surface area contributed by atoms with Gasteiger partial charge in [0, 0.05) is 69.9 Å². The second-order valence-electron chi connectivity index (χ2n) is 10.2. The van der Waals surface area contributed by atoms with Crippen molar-refractivity contribution in [2.75, 3.05) is 52.4 Å². The molecule has 206 valence electrons. The zero-order valence-electron chi connectivity index (χ0n) is 22.1. The molecule has 9 heteroatoms. The number of piperazine rings is 1. The lowest BCUT2D eigenvalue weighted by molar-refractivity contribution is -0.133. The first-order valence-corrected chi connectivity index (χ1v) is 14.5. The highest BCUT2D eigenvalue weighted by Crippen LogP contribution is 2.24. The van der Waals surface area contributed by atoms with Gasteiger partial charge in [0.1, 0.15) is 0 Å². The summed E-state index contributed by atoms with van der Waals surface area (Å²) >= 11 is 12.1. The topological polar surface area (TPSA) is 76.7 Å². The molecule has 3 N–H and O–H groups in total. The third-order valence-corrected chi connectivity index (χ3v) is 8.37. The molecule has 0 aliphatic carbocycles. The zero-order chi connectivity index (χ0) is 26.9. The van der Waals surface area contributed by atoms with Gasteiger partial charge in [0.05, 0.1) is 16.1 Å². The van der Waals surface area contributed by atoms with Crippen LogP contribution in [0.2, 0.25) is 10.0 Å². The molecule has 2 aromatic rings. The summed E-state index contributed by atoms with van der Waals surface area (Å²) in [6.45, 7) is 8.81. The van der Waals surface area contributed by atoms with Gasteiger partial charge in [-0.25, -0.2) is 0 Å². The van der Waals surface area contributed by atoms with E-state index in [1.807, 2.05) is 11.0 Å². The number of nitrogens with zero attached hydrogens (tertiary/aromatic N) is 2. The minimum absolute atomic E-state index is 0.0134. The third kappa shape index (κ3) is 7.93. The molecular weight excluding hydrogens is 521 g/mol. The van der Waals surface area contributed by atoms with Gasteiger partial charge in [-0.2, -0.15) is 0 Å². The molecule has 2 heterocycles. The van der Waals surface area contributed by atoms with E-state index in [9.17, 15) is 9.59 Å². The number of rotatable bonds is 10. The summed E-state index contributed by atoms with van der Waals surface area (Å²) in [7, 11) is 0. The molecule has 3 atom stereocenters. The van der Waals surface area contributed by atoms with E-state index in [0.717, 1.165) is 52.0 Å². The van der Waals surface area contributed by atoms with Crippen LogP contribution in [-0.2, 0) is 4.79 Å². The van der Waals surface area contributed by atoms with Crippen LogP contribution in [0, 0.1) is 0 Å². The summed E-state index contributed by atoms with van der Waals surface area (Å²) in [6, 6.07) is 15.0. The van der Waals surface area contributed by atoms with Crippen LogP contribution in [0.4, 0.5) is 0 Å². The predicted molar refractivity (Wildman–Crippen MR) is 154 cm³/mol. The monoisotopic (exact) mass is 559 g/mol. The second-order valence-corrected chi connectivity index (χ2v) is 11.0. The standard InChI is InChI=1S/C29H39Cl2N5O2/c1-2-21(22-6-4-3-5-7-22)20-36-15-10-24(19-33-28(37)23-8-9-25(30)26(31)18-23)34-27(29(36)38)11-14-35-16-12-32-13-17-35/h3-9,18,21,24,27,32,34H,2,10-17,19-20H2,1H3,(H,33,37)/t21?,24-,27-/m0/s1. The normalized spacial score (nSPS) is 21.7. The smallest absolute Gasteiger partial charge is 0.251 e. The minimum Gasteiger partial charge on any atom is -0.350 e. The molecule has 4 rings (SSSR count). The second kappa shape index (κ2) is 14.3. The number of benzene rings is 2. The molecule has 2 amide bonds. The largest absolute Gasteiger partial charge is 0.350 e. The van der Waals surface area contributed by atoms with E-state index in [1.165, 1.54) is 5.56 Å². The van der Waals surface area contributed by atoms with E-state index >= 15 is 0 Å². The van der Waals surface area contributed by atoms with Gasteiger partial charge in [-0.05, 0) is 43.0 Å². The van der Waals surface area contributed by atoms with Crippen molar-refractivity contribution >= 4 is 35.0 Å². The highest BCUT2D eigenvalue weighted by atomic mass is 35.5. The van der Waals surface area contributed by atoms with Crippen LogP contribution in [0.15, 0.2) is 48.5 Å². The first-order chi connectivity index (χ1) is 18.4. The lowest BCUT2D eigenvalue weighted by atomic mass is 9.95. The fourth-order valence-electron chi connectivity index (χ4n) is 5.29. The van der Waals surface area contributed by atoms with E-state index in [2.05, 4.69) is 52.0 Å². The Morgan fingerprint density at radius 2 is 1.84 bits per heavy atom. The van der Waals surface area contributed by atoms with Crippen molar-refractivity contribution < 1.29 is 9.59 Å². The Kier molecular flexibility index (Phi) is 10.8. The fourth-order valence-corrected chi connectivity index (χ4v) is 5.59. The van der Waals surface area contributed by atoms with Crippen LogP contribution < -0.4 is 16.0 Å². The highest BCUT2D eigenvalue weighted by molar-refractivity contribution is 6.42.